The molecular weight excluding hydrogens is 181 g/mol. The maximum Gasteiger partial charge on any atom is 0.236 e. The minimum atomic E-state index is -3.43. The van der Waals surface area contributed by atoms with E-state index in [9.17, 15) is 12.8 Å². The Morgan fingerprint density at radius 2 is 2.33 bits per heavy atom. The molecule has 1 aliphatic rings. The van der Waals surface area contributed by atoms with Crippen molar-refractivity contribution in [3.05, 3.63) is 23.1 Å². The highest BCUT2D eigenvalue weighted by Gasteiger charge is 2.20. The van der Waals surface area contributed by atoms with Crippen LogP contribution in [0.25, 0.3) is 0 Å². The van der Waals surface area contributed by atoms with Crippen molar-refractivity contribution in [3.8, 4) is 0 Å². The van der Waals surface area contributed by atoms with Gasteiger partial charge in [0, 0.05) is 6.42 Å². The molecule has 0 aliphatic heterocycles. The monoisotopic (exact) mass is 191 g/mol. The second-order valence-corrected chi connectivity index (χ2v) is 4.39. The Morgan fingerprint density at radius 1 is 1.67 bits per heavy atom. The molecule has 12 heavy (non-hydrogen) atoms. The van der Waals surface area contributed by atoms with E-state index < -0.39 is 16.2 Å². The zero-order chi connectivity index (χ0) is 9.19. The number of rotatable bonds is 2. The maximum atomic E-state index is 12.7. The van der Waals surface area contributed by atoms with Crippen molar-refractivity contribution in [2.75, 3.05) is 7.05 Å². The lowest BCUT2D eigenvalue weighted by molar-refractivity contribution is 0.398. The fourth-order valence-electron chi connectivity index (χ4n) is 0.942. The molecule has 5 heteroatoms. The largest absolute Gasteiger partial charge is 0.243 e. The molecule has 1 rings (SSSR count). The van der Waals surface area contributed by atoms with E-state index in [4.69, 9.17) is 0 Å². The first-order valence-corrected chi connectivity index (χ1v) is 4.99. The Balaban J connectivity index is 2.91. The molecule has 0 bridgehead atoms. The lowest BCUT2D eigenvalue weighted by atomic mass is 10.2. The second kappa shape index (κ2) is 3.37. The van der Waals surface area contributed by atoms with Crippen molar-refractivity contribution in [1.82, 2.24) is 4.72 Å². The maximum absolute atomic E-state index is 12.7. The van der Waals surface area contributed by atoms with Gasteiger partial charge in [-0.2, -0.15) is 0 Å². The molecule has 0 aromatic carbocycles. The van der Waals surface area contributed by atoms with Gasteiger partial charge in [0.25, 0.3) is 0 Å². The van der Waals surface area contributed by atoms with Gasteiger partial charge in [-0.1, -0.05) is 12.2 Å². The van der Waals surface area contributed by atoms with E-state index in [0.717, 1.165) is 0 Å². The first kappa shape index (κ1) is 9.41. The van der Waals surface area contributed by atoms with Crippen molar-refractivity contribution in [3.63, 3.8) is 0 Å². The minimum absolute atomic E-state index is 0.0698. The van der Waals surface area contributed by atoms with Gasteiger partial charge in [0.05, 0.1) is 4.91 Å². The van der Waals surface area contributed by atoms with Crippen LogP contribution in [0.4, 0.5) is 4.39 Å². The highest BCUT2D eigenvalue weighted by atomic mass is 32.2. The highest BCUT2D eigenvalue weighted by Crippen LogP contribution is 2.19. The van der Waals surface area contributed by atoms with Crippen LogP contribution in [0.5, 0.6) is 0 Å². The standard InChI is InChI=1S/C7H10FNO2S/c1-9-12(10,11)7-4-2-3-6(8)5-7/h2-4,6,9H,5H2,1H3. The number of alkyl halides is 1. The van der Waals surface area contributed by atoms with E-state index in [2.05, 4.69) is 4.72 Å². The summed E-state index contributed by atoms with van der Waals surface area (Å²) in [4.78, 5) is 0.0972. The van der Waals surface area contributed by atoms with E-state index in [1.54, 1.807) is 0 Å². The molecule has 68 valence electrons. The lowest BCUT2D eigenvalue weighted by Gasteiger charge is -2.11. The summed E-state index contributed by atoms with van der Waals surface area (Å²) in [5.41, 5.74) is 0. The molecule has 0 saturated heterocycles. The summed E-state index contributed by atoms with van der Waals surface area (Å²) in [6.07, 6.45) is 2.89. The summed E-state index contributed by atoms with van der Waals surface area (Å²) in [6, 6.07) is 0. The van der Waals surface area contributed by atoms with Crippen molar-refractivity contribution in [2.24, 2.45) is 0 Å². The lowest BCUT2D eigenvalue weighted by Crippen LogP contribution is -2.22. The molecule has 0 aromatic rings. The van der Waals surface area contributed by atoms with Crippen LogP contribution in [0, 0.1) is 0 Å². The molecule has 1 atom stereocenters. The minimum Gasteiger partial charge on any atom is -0.243 e. The van der Waals surface area contributed by atoms with Gasteiger partial charge in [-0.25, -0.2) is 17.5 Å². The number of allylic oxidation sites excluding steroid dienone is 4. The Labute approximate surface area is 71.0 Å². The van der Waals surface area contributed by atoms with Crippen LogP contribution in [0.3, 0.4) is 0 Å². The average molecular weight is 191 g/mol. The predicted molar refractivity (Wildman–Crippen MR) is 44.7 cm³/mol. The van der Waals surface area contributed by atoms with Crippen LogP contribution >= 0.6 is 0 Å². The first-order chi connectivity index (χ1) is 5.56. The van der Waals surface area contributed by atoms with E-state index >= 15 is 0 Å². The van der Waals surface area contributed by atoms with Gasteiger partial charge >= 0.3 is 0 Å². The van der Waals surface area contributed by atoms with Gasteiger partial charge < -0.3 is 0 Å². The highest BCUT2D eigenvalue weighted by molar-refractivity contribution is 7.93. The molecule has 0 amide bonds. The molecule has 1 unspecified atom stereocenters. The molecule has 0 heterocycles. The molecule has 3 nitrogen and oxygen atoms in total. The zero-order valence-corrected chi connectivity index (χ0v) is 7.44. The van der Waals surface area contributed by atoms with E-state index in [1.807, 2.05) is 0 Å². The fraction of sp³-hybridized carbons (Fsp3) is 0.429. The molecular formula is C7H10FNO2S. The van der Waals surface area contributed by atoms with Crippen LogP contribution in [-0.2, 0) is 10.0 Å². The van der Waals surface area contributed by atoms with Crippen LogP contribution in [0.2, 0.25) is 0 Å². The van der Waals surface area contributed by atoms with Crippen LogP contribution < -0.4 is 4.72 Å². The third kappa shape index (κ3) is 1.92. The van der Waals surface area contributed by atoms with Gasteiger partial charge in [0.1, 0.15) is 6.17 Å². The van der Waals surface area contributed by atoms with Crippen molar-refractivity contribution < 1.29 is 12.8 Å². The molecule has 0 fully saturated rings. The van der Waals surface area contributed by atoms with E-state index in [-0.39, 0.29) is 11.3 Å². The van der Waals surface area contributed by atoms with Gasteiger partial charge in [-0.15, -0.1) is 0 Å². The number of sulfonamides is 1. The number of hydrogen-bond donors (Lipinski definition) is 1. The van der Waals surface area contributed by atoms with Crippen LogP contribution in [0.15, 0.2) is 23.1 Å². The normalized spacial score (nSPS) is 23.8. The first-order valence-electron chi connectivity index (χ1n) is 3.51. The van der Waals surface area contributed by atoms with Crippen LogP contribution in [-0.4, -0.2) is 21.6 Å². The molecule has 0 spiro atoms. The molecule has 1 N–H and O–H groups in total. The Morgan fingerprint density at radius 3 is 2.83 bits per heavy atom. The Hall–Kier alpha value is -0.680. The molecule has 0 saturated carbocycles. The SMILES string of the molecule is CNS(=O)(=O)C1=CC=CC(F)C1. The number of nitrogens with one attached hydrogen (secondary N) is 1. The summed E-state index contributed by atoms with van der Waals surface area (Å²) in [6.45, 7) is 0. The topological polar surface area (TPSA) is 46.2 Å². The van der Waals surface area contributed by atoms with Crippen LogP contribution in [0.1, 0.15) is 6.42 Å². The summed E-state index contributed by atoms with van der Waals surface area (Å²) < 4.78 is 37.1. The third-order valence-corrected chi connectivity index (χ3v) is 3.14. The second-order valence-electron chi connectivity index (χ2n) is 2.45. The molecule has 1 aliphatic carbocycles. The summed E-state index contributed by atoms with van der Waals surface area (Å²) in [5.74, 6) is 0. The van der Waals surface area contributed by atoms with E-state index in [0.29, 0.717) is 0 Å². The van der Waals surface area contributed by atoms with Crippen molar-refractivity contribution in [1.29, 1.82) is 0 Å². The Kier molecular flexibility index (Phi) is 2.64. The summed E-state index contributed by atoms with van der Waals surface area (Å²) in [5, 5.41) is 0. The molecule has 0 aromatic heterocycles. The number of hydrogen-bond acceptors (Lipinski definition) is 2. The number of halogens is 1. The Bertz CT molecular complexity index is 318. The van der Waals surface area contributed by atoms with Crippen molar-refractivity contribution >= 4 is 10.0 Å². The van der Waals surface area contributed by atoms with Crippen molar-refractivity contribution in [2.45, 2.75) is 12.6 Å². The summed E-state index contributed by atoms with van der Waals surface area (Å²) in [7, 11) is -2.13. The van der Waals surface area contributed by atoms with Gasteiger partial charge in [0.2, 0.25) is 10.0 Å². The average Bonchev–Trinajstić information content (AvgIpc) is 2.05. The predicted octanol–water partition coefficient (Wildman–Crippen LogP) is 0.718. The zero-order valence-electron chi connectivity index (χ0n) is 6.62. The third-order valence-electron chi connectivity index (χ3n) is 1.61. The van der Waals surface area contributed by atoms with Gasteiger partial charge in [0.15, 0.2) is 0 Å². The summed E-state index contributed by atoms with van der Waals surface area (Å²) >= 11 is 0. The fourth-order valence-corrected chi connectivity index (χ4v) is 1.84. The smallest absolute Gasteiger partial charge is 0.236 e. The van der Waals surface area contributed by atoms with Gasteiger partial charge in [-0.05, 0) is 13.1 Å². The van der Waals surface area contributed by atoms with E-state index in [1.165, 1.54) is 25.3 Å². The quantitative estimate of drug-likeness (QED) is 0.699. The molecule has 0 radical (unpaired) electrons. The van der Waals surface area contributed by atoms with Gasteiger partial charge in [-0.3, -0.25) is 0 Å².